The zero-order valence-electron chi connectivity index (χ0n) is 14.4. The number of benzene rings is 3. The third kappa shape index (κ3) is 4.48. The van der Waals surface area contributed by atoms with Gasteiger partial charge in [-0.3, -0.25) is 9.52 Å². The molecule has 3 aromatic carbocycles. The first kappa shape index (κ1) is 18.9. The number of rotatable bonds is 5. The number of hydrogen-bond donors (Lipinski definition) is 2. The van der Waals surface area contributed by atoms with Crippen molar-refractivity contribution in [2.24, 2.45) is 0 Å². The standard InChI is InChI=1S/C20H17ClN2O3S/c1-14-13-15(20(24)22-19-10-6-5-9-17(19)21)11-12-18(14)23-27(25,26)16-7-3-2-4-8-16/h2-13,23H,1H3,(H,22,24). The smallest absolute Gasteiger partial charge is 0.261 e. The minimum absolute atomic E-state index is 0.171. The number of nitrogens with one attached hydrogen (secondary N) is 2. The molecule has 0 heterocycles. The second kappa shape index (κ2) is 7.82. The first-order valence-electron chi connectivity index (χ1n) is 8.11. The molecule has 27 heavy (non-hydrogen) atoms. The Bertz CT molecular complexity index is 1080. The van der Waals surface area contributed by atoms with Gasteiger partial charge in [-0.25, -0.2) is 8.42 Å². The van der Waals surface area contributed by atoms with E-state index in [1.54, 1.807) is 67.6 Å². The van der Waals surface area contributed by atoms with Gasteiger partial charge in [0.1, 0.15) is 0 Å². The number of anilines is 2. The molecule has 0 saturated carbocycles. The summed E-state index contributed by atoms with van der Waals surface area (Å²) in [5, 5.41) is 3.18. The number of amides is 1. The van der Waals surface area contributed by atoms with Crippen LogP contribution in [-0.4, -0.2) is 14.3 Å². The Morgan fingerprint density at radius 3 is 2.22 bits per heavy atom. The summed E-state index contributed by atoms with van der Waals surface area (Å²) in [4.78, 5) is 12.6. The molecule has 0 atom stereocenters. The van der Waals surface area contributed by atoms with Gasteiger partial charge in [-0.15, -0.1) is 0 Å². The molecule has 0 aliphatic rings. The van der Waals surface area contributed by atoms with Crippen LogP contribution in [-0.2, 0) is 10.0 Å². The summed E-state index contributed by atoms with van der Waals surface area (Å²) in [5.41, 5.74) is 1.94. The molecular formula is C20H17ClN2O3S. The molecule has 0 saturated heterocycles. The second-order valence-electron chi connectivity index (χ2n) is 5.88. The summed E-state index contributed by atoms with van der Waals surface area (Å²) in [7, 11) is -3.69. The highest BCUT2D eigenvalue weighted by atomic mass is 35.5. The largest absolute Gasteiger partial charge is 0.321 e. The lowest BCUT2D eigenvalue weighted by molar-refractivity contribution is 0.102. The van der Waals surface area contributed by atoms with Gasteiger partial charge in [-0.05, 0) is 55.0 Å². The van der Waals surface area contributed by atoms with Crippen LogP contribution >= 0.6 is 11.6 Å². The quantitative estimate of drug-likeness (QED) is 0.651. The zero-order valence-corrected chi connectivity index (χ0v) is 16.0. The van der Waals surface area contributed by atoms with Gasteiger partial charge >= 0.3 is 0 Å². The fourth-order valence-corrected chi connectivity index (χ4v) is 3.81. The van der Waals surface area contributed by atoms with Gasteiger partial charge in [0.25, 0.3) is 15.9 Å². The maximum atomic E-state index is 12.4. The van der Waals surface area contributed by atoms with E-state index in [9.17, 15) is 13.2 Å². The molecule has 0 aromatic heterocycles. The highest BCUT2D eigenvalue weighted by Crippen LogP contribution is 2.24. The minimum Gasteiger partial charge on any atom is -0.321 e. The van der Waals surface area contributed by atoms with Crippen molar-refractivity contribution in [3.05, 3.63) is 88.9 Å². The second-order valence-corrected chi connectivity index (χ2v) is 7.97. The number of hydrogen-bond acceptors (Lipinski definition) is 3. The zero-order chi connectivity index (χ0) is 19.4. The topological polar surface area (TPSA) is 75.3 Å². The van der Waals surface area contributed by atoms with E-state index in [2.05, 4.69) is 10.0 Å². The molecule has 3 aromatic rings. The first-order chi connectivity index (χ1) is 12.9. The maximum absolute atomic E-state index is 12.4. The first-order valence-corrected chi connectivity index (χ1v) is 9.97. The number of sulfonamides is 1. The van der Waals surface area contributed by atoms with E-state index in [0.29, 0.717) is 27.5 Å². The summed E-state index contributed by atoms with van der Waals surface area (Å²) < 4.78 is 27.4. The lowest BCUT2D eigenvalue weighted by Gasteiger charge is -2.12. The summed E-state index contributed by atoms with van der Waals surface area (Å²) in [6.07, 6.45) is 0. The van der Waals surface area contributed by atoms with E-state index in [-0.39, 0.29) is 10.8 Å². The van der Waals surface area contributed by atoms with Crippen LogP contribution in [0.3, 0.4) is 0 Å². The molecule has 0 aliphatic carbocycles. The Balaban J connectivity index is 1.80. The van der Waals surface area contributed by atoms with Gasteiger partial charge in [0.2, 0.25) is 0 Å². The third-order valence-electron chi connectivity index (χ3n) is 3.91. The molecule has 138 valence electrons. The van der Waals surface area contributed by atoms with Crippen LogP contribution in [0.2, 0.25) is 5.02 Å². The Hall–Kier alpha value is -2.83. The van der Waals surface area contributed by atoms with E-state index < -0.39 is 10.0 Å². The summed E-state index contributed by atoms with van der Waals surface area (Å²) >= 11 is 6.05. The fraction of sp³-hybridized carbons (Fsp3) is 0.0500. The molecule has 1 amide bonds. The monoisotopic (exact) mass is 400 g/mol. The van der Waals surface area contributed by atoms with Gasteiger partial charge in [0, 0.05) is 5.56 Å². The molecule has 0 spiro atoms. The van der Waals surface area contributed by atoms with Gasteiger partial charge in [0.15, 0.2) is 0 Å². The van der Waals surface area contributed by atoms with Crippen molar-refractivity contribution in [2.45, 2.75) is 11.8 Å². The van der Waals surface area contributed by atoms with E-state index in [1.807, 2.05) is 0 Å². The van der Waals surface area contributed by atoms with E-state index in [0.717, 1.165) is 0 Å². The molecule has 0 unspecified atom stereocenters. The Kier molecular flexibility index (Phi) is 5.48. The van der Waals surface area contributed by atoms with Gasteiger partial charge in [0.05, 0.1) is 21.3 Å². The highest BCUT2D eigenvalue weighted by molar-refractivity contribution is 7.92. The highest BCUT2D eigenvalue weighted by Gasteiger charge is 2.16. The van der Waals surface area contributed by atoms with Crippen molar-refractivity contribution >= 4 is 38.9 Å². The molecule has 5 nitrogen and oxygen atoms in total. The number of carbonyl (C=O) groups is 1. The normalized spacial score (nSPS) is 11.0. The predicted molar refractivity (Wildman–Crippen MR) is 108 cm³/mol. The van der Waals surface area contributed by atoms with E-state index in [1.165, 1.54) is 12.1 Å². The number of halogens is 1. The molecule has 2 N–H and O–H groups in total. The lowest BCUT2D eigenvalue weighted by Crippen LogP contribution is -2.15. The van der Waals surface area contributed by atoms with Gasteiger partial charge < -0.3 is 5.32 Å². The van der Waals surface area contributed by atoms with Crippen molar-refractivity contribution in [3.8, 4) is 0 Å². The van der Waals surface area contributed by atoms with Gasteiger partial charge in [-0.1, -0.05) is 41.9 Å². The van der Waals surface area contributed by atoms with Crippen molar-refractivity contribution in [2.75, 3.05) is 10.0 Å². The molecular weight excluding hydrogens is 384 g/mol. The van der Waals surface area contributed by atoms with E-state index in [4.69, 9.17) is 11.6 Å². The maximum Gasteiger partial charge on any atom is 0.261 e. The van der Waals surface area contributed by atoms with Crippen molar-refractivity contribution in [3.63, 3.8) is 0 Å². The van der Waals surface area contributed by atoms with Crippen molar-refractivity contribution in [1.29, 1.82) is 0 Å². The number of carbonyl (C=O) groups excluding carboxylic acids is 1. The van der Waals surface area contributed by atoms with Crippen LogP contribution in [0.1, 0.15) is 15.9 Å². The van der Waals surface area contributed by atoms with Crippen LogP contribution in [0.4, 0.5) is 11.4 Å². The van der Waals surface area contributed by atoms with Crippen LogP contribution in [0.25, 0.3) is 0 Å². The van der Waals surface area contributed by atoms with Gasteiger partial charge in [-0.2, -0.15) is 0 Å². The van der Waals surface area contributed by atoms with Crippen molar-refractivity contribution < 1.29 is 13.2 Å². The molecule has 0 fully saturated rings. The fourth-order valence-electron chi connectivity index (χ4n) is 2.48. The number of para-hydroxylation sites is 1. The minimum atomic E-state index is -3.69. The van der Waals surface area contributed by atoms with Crippen molar-refractivity contribution in [1.82, 2.24) is 0 Å². The molecule has 3 rings (SSSR count). The SMILES string of the molecule is Cc1cc(C(=O)Nc2ccccc2Cl)ccc1NS(=O)(=O)c1ccccc1. The van der Waals surface area contributed by atoms with Crippen LogP contribution in [0.5, 0.6) is 0 Å². The average Bonchev–Trinajstić information content (AvgIpc) is 2.66. The number of aryl methyl sites for hydroxylation is 1. The lowest BCUT2D eigenvalue weighted by atomic mass is 10.1. The third-order valence-corrected chi connectivity index (χ3v) is 5.62. The predicted octanol–water partition coefficient (Wildman–Crippen LogP) is 4.70. The van der Waals surface area contributed by atoms with Crippen LogP contribution in [0.15, 0.2) is 77.7 Å². The molecule has 7 heteroatoms. The molecule has 0 aliphatic heterocycles. The Labute approximate surface area is 163 Å². The Morgan fingerprint density at radius 2 is 1.56 bits per heavy atom. The molecule has 0 radical (unpaired) electrons. The summed E-state index contributed by atoms with van der Waals surface area (Å²) in [6, 6.07) is 19.8. The Morgan fingerprint density at radius 1 is 0.889 bits per heavy atom. The van der Waals surface area contributed by atoms with E-state index >= 15 is 0 Å². The molecule has 0 bridgehead atoms. The summed E-state index contributed by atoms with van der Waals surface area (Å²) in [6.45, 7) is 1.73. The average molecular weight is 401 g/mol. The van der Waals surface area contributed by atoms with Crippen LogP contribution < -0.4 is 10.0 Å². The summed E-state index contributed by atoms with van der Waals surface area (Å²) in [5.74, 6) is -0.330. The van der Waals surface area contributed by atoms with Crippen LogP contribution in [0, 0.1) is 6.92 Å².